The molecule has 0 amide bonds. The lowest BCUT2D eigenvalue weighted by atomic mass is 9.78. The van der Waals surface area contributed by atoms with Gasteiger partial charge in [-0.3, -0.25) is 4.79 Å². The monoisotopic (exact) mass is 258 g/mol. The third-order valence-electron chi connectivity index (χ3n) is 4.33. The van der Waals surface area contributed by atoms with E-state index in [1.54, 1.807) is 0 Å². The second-order valence-corrected chi connectivity index (χ2v) is 7.19. The Morgan fingerprint density at radius 2 is 1.79 bits per heavy atom. The van der Waals surface area contributed by atoms with Crippen LogP contribution >= 0.6 is 0 Å². The number of rotatable bonds is 2. The normalized spacial score (nSPS) is 24.5. The van der Waals surface area contributed by atoms with E-state index in [0.717, 1.165) is 25.7 Å². The van der Waals surface area contributed by atoms with Gasteiger partial charge in [0.1, 0.15) is 5.78 Å². The van der Waals surface area contributed by atoms with Crippen LogP contribution in [-0.2, 0) is 16.6 Å². The first-order valence-corrected chi connectivity index (χ1v) is 7.48. The van der Waals surface area contributed by atoms with Gasteiger partial charge in [0.05, 0.1) is 0 Å². The van der Waals surface area contributed by atoms with Crippen LogP contribution in [0.1, 0.15) is 58.1 Å². The lowest BCUT2D eigenvalue weighted by Crippen LogP contribution is -2.25. The highest BCUT2D eigenvalue weighted by molar-refractivity contribution is 5.82. The summed E-state index contributed by atoms with van der Waals surface area (Å²) in [4.78, 5) is 12.0. The summed E-state index contributed by atoms with van der Waals surface area (Å²) in [6, 6.07) is 8.83. The SMILES string of the molecule is CC1CCC(=O)C(Cc2ccc(C(C)(C)C)cc2)C1. The Kier molecular flexibility index (Phi) is 4.13. The van der Waals surface area contributed by atoms with E-state index < -0.39 is 0 Å². The molecule has 2 unspecified atom stereocenters. The molecule has 0 bridgehead atoms. The van der Waals surface area contributed by atoms with Gasteiger partial charge in [0, 0.05) is 12.3 Å². The molecule has 1 aliphatic rings. The van der Waals surface area contributed by atoms with Gasteiger partial charge < -0.3 is 0 Å². The first-order chi connectivity index (χ1) is 8.86. The average molecular weight is 258 g/mol. The molecule has 0 radical (unpaired) electrons. The fourth-order valence-corrected chi connectivity index (χ4v) is 2.95. The largest absolute Gasteiger partial charge is 0.299 e. The Balaban J connectivity index is 2.05. The van der Waals surface area contributed by atoms with Crippen molar-refractivity contribution in [2.45, 2.75) is 58.8 Å². The fourth-order valence-electron chi connectivity index (χ4n) is 2.95. The van der Waals surface area contributed by atoms with Crippen LogP contribution in [-0.4, -0.2) is 5.78 Å². The van der Waals surface area contributed by atoms with Crippen LogP contribution in [0.3, 0.4) is 0 Å². The molecule has 19 heavy (non-hydrogen) atoms. The van der Waals surface area contributed by atoms with Crippen LogP contribution in [0.4, 0.5) is 0 Å². The molecule has 1 aromatic rings. The zero-order chi connectivity index (χ0) is 14.0. The summed E-state index contributed by atoms with van der Waals surface area (Å²) in [5.41, 5.74) is 2.87. The summed E-state index contributed by atoms with van der Waals surface area (Å²) >= 11 is 0. The molecule has 1 heteroatoms. The van der Waals surface area contributed by atoms with Crippen molar-refractivity contribution in [2.24, 2.45) is 11.8 Å². The zero-order valence-electron chi connectivity index (χ0n) is 12.7. The molecule has 0 spiro atoms. The fraction of sp³-hybridized carbons (Fsp3) is 0.611. The minimum Gasteiger partial charge on any atom is -0.299 e. The predicted molar refractivity (Wildman–Crippen MR) is 80.4 cm³/mol. The van der Waals surface area contributed by atoms with E-state index in [1.165, 1.54) is 11.1 Å². The third kappa shape index (κ3) is 3.68. The van der Waals surface area contributed by atoms with Crippen molar-refractivity contribution < 1.29 is 4.79 Å². The summed E-state index contributed by atoms with van der Waals surface area (Å²) in [7, 11) is 0. The van der Waals surface area contributed by atoms with E-state index in [4.69, 9.17) is 0 Å². The van der Waals surface area contributed by atoms with Crippen molar-refractivity contribution in [1.29, 1.82) is 0 Å². The Bertz CT molecular complexity index is 436. The molecule has 1 aliphatic carbocycles. The molecule has 104 valence electrons. The lowest BCUT2D eigenvalue weighted by Gasteiger charge is -2.26. The standard InChI is InChI=1S/C18H26O/c1-13-5-10-17(19)15(11-13)12-14-6-8-16(9-7-14)18(2,3)4/h6-9,13,15H,5,10-12H2,1-4H3. The molecule has 0 heterocycles. The second-order valence-electron chi connectivity index (χ2n) is 7.19. The van der Waals surface area contributed by atoms with Gasteiger partial charge in [-0.15, -0.1) is 0 Å². The maximum absolute atomic E-state index is 12.0. The van der Waals surface area contributed by atoms with Crippen LogP contribution in [0, 0.1) is 11.8 Å². The Hall–Kier alpha value is -1.11. The number of hydrogen-bond acceptors (Lipinski definition) is 1. The smallest absolute Gasteiger partial charge is 0.136 e. The number of carbonyl (C=O) groups is 1. The van der Waals surface area contributed by atoms with Crippen molar-refractivity contribution >= 4 is 5.78 Å². The molecule has 2 rings (SSSR count). The maximum atomic E-state index is 12.0. The van der Waals surface area contributed by atoms with E-state index in [1.807, 2.05) is 0 Å². The number of hydrogen-bond donors (Lipinski definition) is 0. The molecule has 1 aromatic carbocycles. The predicted octanol–water partition coefficient (Wildman–Crippen LogP) is 4.53. The molecular weight excluding hydrogens is 232 g/mol. The van der Waals surface area contributed by atoms with E-state index >= 15 is 0 Å². The highest BCUT2D eigenvalue weighted by atomic mass is 16.1. The summed E-state index contributed by atoms with van der Waals surface area (Å²) in [6.07, 6.45) is 3.86. The molecule has 0 aliphatic heterocycles. The van der Waals surface area contributed by atoms with Crippen molar-refractivity contribution in [3.8, 4) is 0 Å². The third-order valence-corrected chi connectivity index (χ3v) is 4.33. The van der Waals surface area contributed by atoms with E-state index in [9.17, 15) is 4.79 Å². The topological polar surface area (TPSA) is 17.1 Å². The number of carbonyl (C=O) groups excluding carboxylic acids is 1. The van der Waals surface area contributed by atoms with E-state index in [-0.39, 0.29) is 11.3 Å². The zero-order valence-corrected chi connectivity index (χ0v) is 12.7. The van der Waals surface area contributed by atoms with Crippen LogP contribution in [0.2, 0.25) is 0 Å². The summed E-state index contributed by atoms with van der Waals surface area (Å²) in [5, 5.41) is 0. The Morgan fingerprint density at radius 3 is 2.37 bits per heavy atom. The molecule has 2 atom stereocenters. The minimum atomic E-state index is 0.202. The molecule has 1 saturated carbocycles. The summed E-state index contributed by atoms with van der Waals surface area (Å²) in [5.74, 6) is 1.43. The van der Waals surface area contributed by atoms with E-state index in [0.29, 0.717) is 11.7 Å². The van der Waals surface area contributed by atoms with Gasteiger partial charge in [-0.1, -0.05) is 52.0 Å². The Labute approximate surface area is 117 Å². The van der Waals surface area contributed by atoms with E-state index in [2.05, 4.69) is 52.0 Å². The lowest BCUT2D eigenvalue weighted by molar-refractivity contribution is -0.125. The molecule has 0 N–H and O–H groups in total. The summed E-state index contributed by atoms with van der Waals surface area (Å²) in [6.45, 7) is 8.96. The number of ketones is 1. The highest BCUT2D eigenvalue weighted by Crippen LogP contribution is 2.29. The van der Waals surface area contributed by atoms with Gasteiger partial charge >= 0.3 is 0 Å². The first kappa shape index (κ1) is 14.3. The van der Waals surface area contributed by atoms with Crippen LogP contribution in [0.5, 0.6) is 0 Å². The van der Waals surface area contributed by atoms with Crippen LogP contribution in [0.25, 0.3) is 0 Å². The van der Waals surface area contributed by atoms with Gasteiger partial charge in [-0.25, -0.2) is 0 Å². The second kappa shape index (κ2) is 5.48. The van der Waals surface area contributed by atoms with Crippen molar-refractivity contribution in [2.75, 3.05) is 0 Å². The van der Waals surface area contributed by atoms with Crippen molar-refractivity contribution in [1.82, 2.24) is 0 Å². The van der Waals surface area contributed by atoms with Crippen molar-refractivity contribution in [3.05, 3.63) is 35.4 Å². The molecule has 1 fully saturated rings. The number of Topliss-reactive ketones (excluding diaryl/α,β-unsaturated/α-hetero) is 1. The quantitative estimate of drug-likeness (QED) is 0.761. The van der Waals surface area contributed by atoms with Gasteiger partial charge in [-0.2, -0.15) is 0 Å². The minimum absolute atomic E-state index is 0.202. The molecule has 0 aromatic heterocycles. The average Bonchev–Trinajstić information content (AvgIpc) is 2.33. The first-order valence-electron chi connectivity index (χ1n) is 7.48. The molecule has 1 nitrogen and oxygen atoms in total. The van der Waals surface area contributed by atoms with Crippen molar-refractivity contribution in [3.63, 3.8) is 0 Å². The van der Waals surface area contributed by atoms with Crippen LogP contribution in [0.15, 0.2) is 24.3 Å². The highest BCUT2D eigenvalue weighted by Gasteiger charge is 2.26. The maximum Gasteiger partial charge on any atom is 0.136 e. The number of benzene rings is 1. The van der Waals surface area contributed by atoms with Gasteiger partial charge in [0.15, 0.2) is 0 Å². The van der Waals surface area contributed by atoms with Gasteiger partial charge in [-0.05, 0) is 41.7 Å². The Morgan fingerprint density at radius 1 is 1.16 bits per heavy atom. The van der Waals surface area contributed by atoms with Crippen LogP contribution < -0.4 is 0 Å². The summed E-state index contributed by atoms with van der Waals surface area (Å²) < 4.78 is 0. The van der Waals surface area contributed by atoms with Gasteiger partial charge in [0.2, 0.25) is 0 Å². The molecular formula is C18H26O. The molecule has 0 saturated heterocycles. The van der Waals surface area contributed by atoms with Gasteiger partial charge in [0.25, 0.3) is 0 Å².